The summed E-state index contributed by atoms with van der Waals surface area (Å²) in [7, 11) is 2.93. The third-order valence-electron chi connectivity index (χ3n) is 15.2. The predicted molar refractivity (Wildman–Crippen MR) is 279 cm³/mol. The van der Waals surface area contributed by atoms with E-state index in [1.165, 1.54) is 7.05 Å². The first-order valence-corrected chi connectivity index (χ1v) is 26.9. The van der Waals surface area contributed by atoms with Gasteiger partial charge in [0.1, 0.15) is 40.6 Å². The van der Waals surface area contributed by atoms with Gasteiger partial charge in [0.15, 0.2) is 5.82 Å². The number of benzene rings is 2. The Kier molecular flexibility index (Phi) is 16.3. The molecule has 1 saturated heterocycles. The number of thiophene rings is 1. The van der Waals surface area contributed by atoms with Gasteiger partial charge in [0.2, 0.25) is 29.5 Å². The molecule has 9 rings (SSSR count). The van der Waals surface area contributed by atoms with Crippen LogP contribution in [0.15, 0.2) is 41.4 Å². The van der Waals surface area contributed by atoms with E-state index in [2.05, 4.69) is 43.4 Å². The van der Waals surface area contributed by atoms with E-state index in [1.807, 2.05) is 37.5 Å². The number of nitrogens with zero attached hydrogens (tertiary/aromatic N) is 9. The highest BCUT2D eigenvalue weighted by Gasteiger charge is 2.50. The summed E-state index contributed by atoms with van der Waals surface area (Å²) in [6.45, 7) is 7.66. The number of aryl methyl sites for hydroxylation is 3. The molecule has 6 heterocycles. The summed E-state index contributed by atoms with van der Waals surface area (Å²) in [5, 5.41) is 26.6. The molecule has 19 nitrogen and oxygen atoms in total. The Bertz CT molecular complexity index is 3090. The molecule has 3 N–H and O–H groups in total. The fourth-order valence-corrected chi connectivity index (χ4v) is 12.6. The minimum Gasteiger partial charge on any atom is -0.487 e. The molecule has 1 saturated carbocycles. The standard InChI is InChI=1S/C52H60Cl2F2N12O7S/c1-27-28(2)76-50-43(27)45(30-10-12-31(53)13-11-30)60-36(48-63-61-29(3)68(48)50)22-40(69)59-23-41(70)58-18-20-74-32-21-42(71)66(24-32)25-38-44-33(16-19-67(38)49(72)34-9-7-8-17-52(34,4)51(73)57-5)35(54)14-15-39(44)75-26-37-46(47(55)56)65(6)64-62-37/h10-15,32,34,36,38,47H,7-9,16-26H2,1-6H3,(H,57,73)(H,58,70)(H,59,69)/t32?,34-,36-,38+,52-/m0/s1. The van der Waals surface area contributed by atoms with Gasteiger partial charge in [-0.3, -0.25) is 33.5 Å². The van der Waals surface area contributed by atoms with Crippen molar-refractivity contribution in [3.05, 3.63) is 102 Å². The first-order chi connectivity index (χ1) is 36.4. The number of alkyl halides is 2. The number of hydrogen-bond donors (Lipinski definition) is 3. The Hall–Kier alpha value is -6.36. The number of rotatable bonds is 17. The van der Waals surface area contributed by atoms with E-state index in [-0.39, 0.29) is 87.9 Å². The molecule has 24 heteroatoms. The Morgan fingerprint density at radius 1 is 1.00 bits per heavy atom. The lowest BCUT2D eigenvalue weighted by molar-refractivity contribution is -0.153. The van der Waals surface area contributed by atoms with Crippen LogP contribution in [0.1, 0.15) is 120 Å². The lowest BCUT2D eigenvalue weighted by Crippen LogP contribution is -2.54. The molecule has 0 spiro atoms. The number of carbonyl (C=O) groups excluding carboxylic acids is 5. The van der Waals surface area contributed by atoms with Crippen LogP contribution in [0.4, 0.5) is 8.78 Å². The van der Waals surface area contributed by atoms with E-state index >= 15 is 0 Å². The maximum Gasteiger partial charge on any atom is 0.282 e. The average Bonchev–Trinajstić information content (AvgIpc) is 4.16. The number of nitrogens with one attached hydrogen (secondary N) is 3. The normalized spacial score (nSPS) is 21.1. The Labute approximate surface area is 452 Å². The summed E-state index contributed by atoms with van der Waals surface area (Å²) in [6.07, 6.45) is -0.615. The first kappa shape index (κ1) is 54.4. The molecule has 5 atom stereocenters. The molecular weight excluding hydrogens is 1050 g/mol. The van der Waals surface area contributed by atoms with Crippen molar-refractivity contribution in [1.29, 1.82) is 0 Å². The van der Waals surface area contributed by atoms with Gasteiger partial charge in [-0.25, -0.2) is 13.5 Å². The van der Waals surface area contributed by atoms with E-state index in [4.69, 9.17) is 37.7 Å². The molecule has 0 radical (unpaired) electrons. The highest BCUT2D eigenvalue weighted by Crippen LogP contribution is 2.47. The molecule has 404 valence electrons. The highest BCUT2D eigenvalue weighted by molar-refractivity contribution is 7.15. The second kappa shape index (κ2) is 22.7. The Morgan fingerprint density at radius 2 is 1.78 bits per heavy atom. The molecule has 3 aliphatic heterocycles. The van der Waals surface area contributed by atoms with Gasteiger partial charge in [0, 0.05) is 71.9 Å². The molecule has 2 fully saturated rings. The van der Waals surface area contributed by atoms with E-state index in [1.54, 1.807) is 52.4 Å². The van der Waals surface area contributed by atoms with Crippen LogP contribution in [0.3, 0.4) is 0 Å². The number of ether oxygens (including phenoxy) is 2. The van der Waals surface area contributed by atoms with Crippen LogP contribution < -0.4 is 20.7 Å². The van der Waals surface area contributed by atoms with Crippen molar-refractivity contribution in [3.63, 3.8) is 0 Å². The quantitative estimate of drug-likeness (QED) is 0.0865. The lowest BCUT2D eigenvalue weighted by Gasteiger charge is -2.46. The summed E-state index contributed by atoms with van der Waals surface area (Å²) < 4.78 is 43.4. The third-order valence-corrected chi connectivity index (χ3v) is 17.0. The minimum atomic E-state index is -2.86. The number of carbonyl (C=O) groups is 5. The van der Waals surface area contributed by atoms with Crippen LogP contribution in [0.2, 0.25) is 10.0 Å². The van der Waals surface area contributed by atoms with Crippen LogP contribution in [-0.2, 0) is 48.8 Å². The smallest absolute Gasteiger partial charge is 0.282 e. The molecular formula is C52H60Cl2F2N12O7S. The fourth-order valence-electron chi connectivity index (χ4n) is 11.0. The second-order valence-electron chi connectivity index (χ2n) is 19.9. The fraction of sp³-hybridized carbons (Fsp3) is 0.500. The molecule has 1 unspecified atom stereocenters. The highest BCUT2D eigenvalue weighted by atomic mass is 35.5. The van der Waals surface area contributed by atoms with Gasteiger partial charge in [0.05, 0.1) is 55.2 Å². The van der Waals surface area contributed by atoms with Crippen LogP contribution in [0.25, 0.3) is 5.00 Å². The zero-order valence-electron chi connectivity index (χ0n) is 43.1. The molecule has 76 heavy (non-hydrogen) atoms. The third kappa shape index (κ3) is 10.8. The van der Waals surface area contributed by atoms with E-state index in [9.17, 15) is 32.8 Å². The molecule has 3 aromatic heterocycles. The van der Waals surface area contributed by atoms with E-state index in [0.717, 1.165) is 44.1 Å². The number of halogens is 4. The topological polar surface area (TPSA) is 220 Å². The van der Waals surface area contributed by atoms with Crippen molar-refractivity contribution in [1.82, 2.24) is 55.5 Å². The van der Waals surface area contributed by atoms with Gasteiger partial charge >= 0.3 is 0 Å². The summed E-state index contributed by atoms with van der Waals surface area (Å²) >= 11 is 14.7. The van der Waals surface area contributed by atoms with Gasteiger partial charge in [-0.2, -0.15) is 0 Å². The monoisotopic (exact) mass is 1100 g/mol. The van der Waals surface area contributed by atoms with Gasteiger partial charge in [-0.15, -0.1) is 26.6 Å². The van der Waals surface area contributed by atoms with Crippen LogP contribution in [-0.4, -0.2) is 127 Å². The molecule has 5 aromatic rings. The first-order valence-electron chi connectivity index (χ1n) is 25.3. The van der Waals surface area contributed by atoms with Gasteiger partial charge in [0.25, 0.3) is 6.43 Å². The van der Waals surface area contributed by atoms with Crippen LogP contribution >= 0.6 is 34.5 Å². The second-order valence-corrected chi connectivity index (χ2v) is 21.9. The average molecular weight is 1110 g/mol. The molecule has 4 aliphatic rings. The van der Waals surface area contributed by atoms with Crippen molar-refractivity contribution in [3.8, 4) is 10.8 Å². The number of aliphatic imine (C=N–C) groups is 1. The lowest BCUT2D eigenvalue weighted by atomic mass is 9.66. The van der Waals surface area contributed by atoms with Gasteiger partial charge in [-0.1, -0.05) is 53.4 Å². The minimum absolute atomic E-state index is 0.0161. The van der Waals surface area contributed by atoms with Crippen molar-refractivity contribution < 1.29 is 42.2 Å². The largest absolute Gasteiger partial charge is 0.487 e. The van der Waals surface area contributed by atoms with Crippen molar-refractivity contribution in [2.75, 3.05) is 46.4 Å². The van der Waals surface area contributed by atoms with Crippen molar-refractivity contribution >= 4 is 69.8 Å². The number of likely N-dealkylation sites (tertiary alicyclic amines) is 1. The predicted octanol–water partition coefficient (Wildman–Crippen LogP) is 6.41. The molecule has 0 bridgehead atoms. The number of aromatic nitrogens is 6. The van der Waals surface area contributed by atoms with E-state index < -0.39 is 53.5 Å². The molecule has 2 aromatic carbocycles. The van der Waals surface area contributed by atoms with Gasteiger partial charge < -0.3 is 35.2 Å². The number of fused-ring (bicyclic) bond motifs is 4. The van der Waals surface area contributed by atoms with Crippen molar-refractivity contribution in [2.24, 2.45) is 23.4 Å². The number of amides is 5. The van der Waals surface area contributed by atoms with E-state index in [0.29, 0.717) is 57.8 Å². The number of hydrogen-bond acceptors (Lipinski definition) is 13. The summed E-state index contributed by atoms with van der Waals surface area (Å²) in [4.78, 5) is 78.4. The Morgan fingerprint density at radius 3 is 2.53 bits per heavy atom. The van der Waals surface area contributed by atoms with Crippen molar-refractivity contribution in [2.45, 2.75) is 104 Å². The maximum atomic E-state index is 15.0. The van der Waals surface area contributed by atoms with Gasteiger partial charge in [-0.05, 0) is 82.3 Å². The summed E-state index contributed by atoms with van der Waals surface area (Å²) in [5.41, 5.74) is 3.31. The Balaban J connectivity index is 0.844. The van der Waals surface area contributed by atoms with Crippen LogP contribution in [0, 0.1) is 32.1 Å². The maximum absolute atomic E-state index is 15.0. The molecule has 5 amide bonds. The molecule has 1 aliphatic carbocycles. The summed E-state index contributed by atoms with van der Waals surface area (Å²) in [5.74, 6) is -0.788. The zero-order chi connectivity index (χ0) is 54.2. The SMILES string of the molecule is CNC(=O)[C@@]1(C)CCCC[C@H]1C(=O)N1CCc2c(Cl)ccc(OCc3nnn(C)c3C(F)F)c2[C@H]1CN1CC(OCCNC(=O)CNC(=O)C[C@@H]2N=C(c3ccc(Cl)cc3)c3c(sc(C)c3C)-n3c(C)nnc32)CC1=O. The summed E-state index contributed by atoms with van der Waals surface area (Å²) in [6, 6.07) is 9.12. The van der Waals surface area contributed by atoms with Crippen LogP contribution in [0.5, 0.6) is 5.75 Å². The zero-order valence-corrected chi connectivity index (χ0v) is 45.4.